The lowest BCUT2D eigenvalue weighted by Crippen LogP contribution is -2.37. The van der Waals surface area contributed by atoms with Crippen LogP contribution in [0.4, 0.5) is 0 Å². The molecule has 0 saturated heterocycles. The second-order valence-corrected chi connectivity index (χ2v) is 6.16. The predicted molar refractivity (Wildman–Crippen MR) is 118 cm³/mol. The van der Waals surface area contributed by atoms with E-state index in [0.717, 1.165) is 31.3 Å². The molecule has 7 heteroatoms. The highest BCUT2D eigenvalue weighted by Gasteiger charge is 2.00. The van der Waals surface area contributed by atoms with Crippen LogP contribution in [0, 0.1) is 5.92 Å². The van der Waals surface area contributed by atoms with Gasteiger partial charge >= 0.3 is 0 Å². The van der Waals surface area contributed by atoms with Gasteiger partial charge in [0.05, 0.1) is 19.8 Å². The second kappa shape index (κ2) is 16.1. The normalized spacial score (nSPS) is 11.2. The predicted octanol–water partition coefficient (Wildman–Crippen LogP) is 3.06. The summed E-state index contributed by atoms with van der Waals surface area (Å²) >= 11 is 0. The summed E-state index contributed by atoms with van der Waals surface area (Å²) in [5.41, 5.74) is 1.18. The summed E-state index contributed by atoms with van der Waals surface area (Å²) in [6.07, 6.45) is 0.923. The van der Waals surface area contributed by atoms with E-state index in [9.17, 15) is 0 Å². The van der Waals surface area contributed by atoms with Crippen LogP contribution in [0.2, 0.25) is 0 Å². The van der Waals surface area contributed by atoms with Crippen LogP contribution in [0.15, 0.2) is 29.3 Å². The highest BCUT2D eigenvalue weighted by Crippen LogP contribution is 2.13. The van der Waals surface area contributed by atoms with Crippen LogP contribution in [-0.4, -0.2) is 53.1 Å². The molecule has 0 radical (unpaired) electrons. The van der Waals surface area contributed by atoms with Gasteiger partial charge in [0.25, 0.3) is 0 Å². The molecule has 0 atom stereocenters. The minimum absolute atomic E-state index is 0. The molecule has 0 saturated carbocycles. The zero-order chi connectivity index (χ0) is 18.3. The number of nitrogens with one attached hydrogen (secondary N) is 2. The van der Waals surface area contributed by atoms with E-state index < -0.39 is 0 Å². The molecule has 1 aromatic carbocycles. The zero-order valence-corrected chi connectivity index (χ0v) is 18.7. The van der Waals surface area contributed by atoms with Crippen molar-refractivity contribution in [3.05, 3.63) is 29.8 Å². The summed E-state index contributed by atoms with van der Waals surface area (Å²) in [6, 6.07) is 8.15. The van der Waals surface area contributed by atoms with E-state index >= 15 is 0 Å². The van der Waals surface area contributed by atoms with Crippen molar-refractivity contribution in [3.8, 4) is 5.75 Å². The van der Waals surface area contributed by atoms with E-state index in [-0.39, 0.29) is 24.0 Å². The third-order valence-corrected chi connectivity index (χ3v) is 3.38. The van der Waals surface area contributed by atoms with Crippen molar-refractivity contribution in [2.75, 3.05) is 47.1 Å². The molecule has 0 amide bonds. The summed E-state index contributed by atoms with van der Waals surface area (Å²) < 4.78 is 16.1. The summed E-state index contributed by atoms with van der Waals surface area (Å²) in [6.45, 7) is 8.54. The third-order valence-electron chi connectivity index (χ3n) is 3.38. The average molecular weight is 479 g/mol. The maximum absolute atomic E-state index is 5.69. The van der Waals surface area contributed by atoms with E-state index in [1.54, 1.807) is 14.2 Å². The Kier molecular flexibility index (Phi) is 15.5. The molecule has 6 nitrogen and oxygen atoms in total. The van der Waals surface area contributed by atoms with Gasteiger partial charge < -0.3 is 24.8 Å². The Balaban J connectivity index is 0.00000625. The number of nitrogens with zero attached hydrogens (tertiary/aromatic N) is 1. The number of ether oxygens (including phenoxy) is 3. The van der Waals surface area contributed by atoms with Crippen molar-refractivity contribution in [1.82, 2.24) is 10.6 Å². The summed E-state index contributed by atoms with van der Waals surface area (Å²) in [4.78, 5) is 4.23. The molecule has 0 bridgehead atoms. The standard InChI is InChI=1S/C19H33N3O3.HI/c1-16(2)15-25-18-8-6-17(7-9-18)14-22-19(20-3)21-10-5-11-24-13-12-23-4;/h6-9,16H,5,10-15H2,1-4H3,(H2,20,21,22);1H. The van der Waals surface area contributed by atoms with Gasteiger partial charge in [-0.2, -0.15) is 0 Å². The van der Waals surface area contributed by atoms with Gasteiger partial charge in [-0.05, 0) is 30.0 Å². The van der Waals surface area contributed by atoms with Crippen molar-refractivity contribution < 1.29 is 14.2 Å². The Morgan fingerprint density at radius 1 is 1.08 bits per heavy atom. The molecule has 0 spiro atoms. The Morgan fingerprint density at radius 2 is 1.81 bits per heavy atom. The Morgan fingerprint density at radius 3 is 2.42 bits per heavy atom. The molecule has 0 fully saturated rings. The van der Waals surface area contributed by atoms with Gasteiger partial charge in [0.1, 0.15) is 5.75 Å². The first-order valence-corrected chi connectivity index (χ1v) is 8.88. The van der Waals surface area contributed by atoms with Crippen molar-refractivity contribution in [2.45, 2.75) is 26.8 Å². The van der Waals surface area contributed by atoms with Crippen molar-refractivity contribution >= 4 is 29.9 Å². The first kappa shape index (κ1) is 24.9. The fourth-order valence-corrected chi connectivity index (χ4v) is 2.00. The zero-order valence-electron chi connectivity index (χ0n) is 16.4. The van der Waals surface area contributed by atoms with Gasteiger partial charge in [-0.25, -0.2) is 0 Å². The lowest BCUT2D eigenvalue weighted by atomic mass is 10.2. The molecule has 0 heterocycles. The van der Waals surface area contributed by atoms with Gasteiger partial charge in [0, 0.05) is 33.9 Å². The molecule has 0 aliphatic heterocycles. The maximum atomic E-state index is 5.69. The number of guanidine groups is 1. The number of methoxy groups -OCH3 is 1. The third kappa shape index (κ3) is 12.3. The van der Waals surface area contributed by atoms with Crippen molar-refractivity contribution in [1.29, 1.82) is 0 Å². The maximum Gasteiger partial charge on any atom is 0.191 e. The lowest BCUT2D eigenvalue weighted by molar-refractivity contribution is 0.0698. The SMILES string of the molecule is CN=C(NCCCOCCOC)NCc1ccc(OCC(C)C)cc1.I. The van der Waals surface area contributed by atoms with Crippen LogP contribution in [0.25, 0.3) is 0 Å². The molecule has 0 aliphatic rings. The molecule has 0 aliphatic carbocycles. The van der Waals surface area contributed by atoms with Crippen LogP contribution < -0.4 is 15.4 Å². The number of hydrogen-bond acceptors (Lipinski definition) is 4. The quantitative estimate of drug-likeness (QED) is 0.209. The van der Waals surface area contributed by atoms with Crippen molar-refractivity contribution in [3.63, 3.8) is 0 Å². The smallest absolute Gasteiger partial charge is 0.191 e. The average Bonchev–Trinajstić information content (AvgIpc) is 2.62. The lowest BCUT2D eigenvalue weighted by Gasteiger charge is -2.13. The van der Waals surface area contributed by atoms with E-state index in [1.165, 1.54) is 5.56 Å². The summed E-state index contributed by atoms with van der Waals surface area (Å²) in [5, 5.41) is 6.58. The first-order chi connectivity index (χ1) is 12.2. The fraction of sp³-hybridized carbons (Fsp3) is 0.632. The molecule has 2 N–H and O–H groups in total. The number of halogens is 1. The molecular weight excluding hydrogens is 445 g/mol. The first-order valence-electron chi connectivity index (χ1n) is 8.88. The second-order valence-electron chi connectivity index (χ2n) is 6.16. The topological polar surface area (TPSA) is 64.1 Å². The highest BCUT2D eigenvalue weighted by molar-refractivity contribution is 14.0. The minimum Gasteiger partial charge on any atom is -0.493 e. The van der Waals surface area contributed by atoms with Gasteiger partial charge in [0.2, 0.25) is 0 Å². The molecule has 0 aromatic heterocycles. The molecule has 26 heavy (non-hydrogen) atoms. The van der Waals surface area contributed by atoms with E-state index in [1.807, 2.05) is 12.1 Å². The van der Waals surface area contributed by atoms with Gasteiger partial charge in [0.15, 0.2) is 5.96 Å². The van der Waals surface area contributed by atoms with Crippen molar-refractivity contribution in [2.24, 2.45) is 10.9 Å². The van der Waals surface area contributed by atoms with Crippen LogP contribution in [0.5, 0.6) is 5.75 Å². The largest absolute Gasteiger partial charge is 0.493 e. The minimum atomic E-state index is 0. The van der Waals surface area contributed by atoms with Gasteiger partial charge in [-0.15, -0.1) is 24.0 Å². The number of aliphatic imine (C=N–C) groups is 1. The molecule has 1 aromatic rings. The molecule has 0 unspecified atom stereocenters. The van der Waals surface area contributed by atoms with E-state index in [4.69, 9.17) is 14.2 Å². The van der Waals surface area contributed by atoms with E-state index in [0.29, 0.717) is 32.3 Å². The van der Waals surface area contributed by atoms with Crippen LogP contribution in [0.1, 0.15) is 25.8 Å². The van der Waals surface area contributed by atoms with E-state index in [2.05, 4.69) is 41.6 Å². The molecule has 1 rings (SSSR count). The summed E-state index contributed by atoms with van der Waals surface area (Å²) in [5.74, 6) is 2.23. The Labute approximate surface area is 175 Å². The fourth-order valence-electron chi connectivity index (χ4n) is 2.00. The molecular formula is C19H34IN3O3. The van der Waals surface area contributed by atoms with Crippen LogP contribution in [0.3, 0.4) is 0 Å². The van der Waals surface area contributed by atoms with Crippen LogP contribution >= 0.6 is 24.0 Å². The number of rotatable bonds is 12. The number of hydrogen-bond donors (Lipinski definition) is 2. The highest BCUT2D eigenvalue weighted by atomic mass is 127. The van der Waals surface area contributed by atoms with Gasteiger partial charge in [-0.1, -0.05) is 26.0 Å². The van der Waals surface area contributed by atoms with Crippen LogP contribution in [-0.2, 0) is 16.0 Å². The van der Waals surface area contributed by atoms with Gasteiger partial charge in [-0.3, -0.25) is 4.99 Å². The monoisotopic (exact) mass is 479 g/mol. The Hall–Kier alpha value is -1.06. The number of benzene rings is 1. The summed E-state index contributed by atoms with van der Waals surface area (Å²) in [7, 11) is 3.44. The Bertz CT molecular complexity index is 481. The molecule has 150 valence electrons.